The van der Waals surface area contributed by atoms with Gasteiger partial charge in [0.1, 0.15) is 0 Å². The maximum atomic E-state index is 3.47. The van der Waals surface area contributed by atoms with Crippen molar-refractivity contribution in [3.8, 4) is 0 Å². The van der Waals surface area contributed by atoms with Crippen LogP contribution in [-0.4, -0.2) is 0 Å². The van der Waals surface area contributed by atoms with Gasteiger partial charge in [-0.1, -0.05) is 72.8 Å². The summed E-state index contributed by atoms with van der Waals surface area (Å²) in [7, 11) is -0.591. The molecule has 118 valence electrons. The number of rotatable bonds is 3. The van der Waals surface area contributed by atoms with Crippen LogP contribution in [0.1, 0.15) is 0 Å². The lowest BCUT2D eigenvalue weighted by atomic mass is 10.1. The highest BCUT2D eigenvalue weighted by Crippen LogP contribution is 2.47. The highest BCUT2D eigenvalue weighted by molar-refractivity contribution is 7.77. The van der Waals surface area contributed by atoms with Gasteiger partial charge in [-0.05, 0) is 31.4 Å². The van der Waals surface area contributed by atoms with Gasteiger partial charge in [0, 0.05) is 30.8 Å². The predicted molar refractivity (Wildman–Crippen MR) is 113 cm³/mol. The van der Waals surface area contributed by atoms with Gasteiger partial charge in [-0.25, -0.2) is 0 Å². The summed E-state index contributed by atoms with van der Waals surface area (Å²) in [4.78, 5) is 0. The fourth-order valence-electron chi connectivity index (χ4n) is 3.35. The lowest BCUT2D eigenvalue weighted by Crippen LogP contribution is -2.12. The van der Waals surface area contributed by atoms with E-state index >= 15 is 0 Å². The first-order valence-electron chi connectivity index (χ1n) is 8.31. The molecule has 0 fully saturated rings. The van der Waals surface area contributed by atoms with Crippen molar-refractivity contribution in [1.29, 1.82) is 0 Å². The number of hydrogen-bond acceptors (Lipinski definition) is 1. The Hall–Kier alpha value is -2.43. The van der Waals surface area contributed by atoms with Crippen LogP contribution in [0.3, 0.4) is 0 Å². The van der Waals surface area contributed by atoms with Gasteiger partial charge >= 0.3 is 0 Å². The van der Waals surface area contributed by atoms with E-state index in [1.807, 2.05) is 17.4 Å². The Bertz CT molecular complexity index is 1170. The van der Waals surface area contributed by atoms with E-state index in [9.17, 15) is 0 Å². The quantitative estimate of drug-likeness (QED) is 0.308. The number of allylic oxidation sites excluding steroid dienone is 3. The van der Waals surface area contributed by atoms with E-state index in [1.54, 1.807) is 0 Å². The molecule has 1 aromatic heterocycles. The molecule has 0 saturated carbocycles. The fourth-order valence-corrected chi connectivity index (χ4v) is 7.16. The molecule has 25 heavy (non-hydrogen) atoms. The first-order chi connectivity index (χ1) is 12.4. The smallest absolute Gasteiger partial charge is 0.0439 e. The second kappa shape index (κ2) is 6.14. The summed E-state index contributed by atoms with van der Waals surface area (Å²) in [6, 6.07) is 26.3. The third-order valence-electron chi connectivity index (χ3n) is 4.46. The van der Waals surface area contributed by atoms with Crippen molar-refractivity contribution in [2.45, 2.75) is 0 Å². The molecule has 0 nitrogen and oxygen atoms in total. The number of benzene rings is 3. The Morgan fingerprint density at radius 3 is 2.40 bits per heavy atom. The number of fused-ring (bicyclic) bond motifs is 3. The molecule has 0 saturated heterocycles. The highest BCUT2D eigenvalue weighted by atomic mass is 32.1. The summed E-state index contributed by atoms with van der Waals surface area (Å²) in [5.41, 5.74) is 3.47. The van der Waals surface area contributed by atoms with Gasteiger partial charge in [0.25, 0.3) is 0 Å². The first kappa shape index (κ1) is 14.9. The van der Waals surface area contributed by atoms with E-state index in [0.29, 0.717) is 0 Å². The van der Waals surface area contributed by atoms with Crippen LogP contribution in [0.4, 0.5) is 0 Å². The summed E-state index contributed by atoms with van der Waals surface area (Å²) in [5.74, 6) is 0. The molecule has 3 aromatic carbocycles. The van der Waals surface area contributed by atoms with Crippen molar-refractivity contribution in [2.75, 3.05) is 0 Å². The summed E-state index contributed by atoms with van der Waals surface area (Å²) in [5, 5.41) is 6.84. The third-order valence-corrected chi connectivity index (χ3v) is 8.26. The van der Waals surface area contributed by atoms with Gasteiger partial charge in [0.2, 0.25) is 0 Å². The maximum absolute atomic E-state index is 3.47. The van der Waals surface area contributed by atoms with Crippen LogP contribution >= 0.6 is 19.3 Å². The van der Waals surface area contributed by atoms with E-state index in [0.717, 1.165) is 0 Å². The molecule has 1 heterocycles. The molecule has 5 rings (SSSR count). The molecular weight excluding hydrogens is 339 g/mol. The second-order valence-corrected chi connectivity index (χ2v) is 9.18. The molecular formula is C23H15PS. The zero-order valence-corrected chi connectivity index (χ0v) is 15.2. The van der Waals surface area contributed by atoms with Gasteiger partial charge in [-0.15, -0.1) is 17.1 Å². The van der Waals surface area contributed by atoms with Crippen LogP contribution in [0.25, 0.3) is 20.2 Å². The zero-order valence-electron chi connectivity index (χ0n) is 13.5. The molecule has 1 atom stereocenters. The van der Waals surface area contributed by atoms with Crippen LogP contribution in [0.2, 0.25) is 0 Å². The summed E-state index contributed by atoms with van der Waals surface area (Å²) in [6.45, 7) is 0. The fraction of sp³-hybridized carbons (Fsp3) is 0. The maximum Gasteiger partial charge on any atom is 0.0439 e. The average molecular weight is 354 g/mol. The Morgan fingerprint density at radius 1 is 0.760 bits per heavy atom. The minimum Gasteiger partial charge on any atom is -0.134 e. The monoisotopic (exact) mass is 354 g/mol. The van der Waals surface area contributed by atoms with Gasteiger partial charge in [0.05, 0.1) is 0 Å². The number of thiophene rings is 1. The first-order valence-corrected chi connectivity index (χ1v) is 10.5. The topological polar surface area (TPSA) is 0 Å². The lowest BCUT2D eigenvalue weighted by Gasteiger charge is -2.19. The largest absolute Gasteiger partial charge is 0.134 e. The van der Waals surface area contributed by atoms with E-state index in [-0.39, 0.29) is 0 Å². The highest BCUT2D eigenvalue weighted by Gasteiger charge is 2.21. The molecule has 0 N–H and O–H groups in total. The molecule has 0 bridgehead atoms. The molecule has 1 aliphatic rings. The van der Waals surface area contributed by atoms with Gasteiger partial charge in [0.15, 0.2) is 0 Å². The molecule has 0 amide bonds. The molecule has 0 radical (unpaired) electrons. The average Bonchev–Trinajstić information content (AvgIpc) is 3.31. The lowest BCUT2D eigenvalue weighted by molar-refractivity contribution is 1.77. The molecule has 1 aliphatic carbocycles. The van der Waals surface area contributed by atoms with Crippen molar-refractivity contribution in [3.63, 3.8) is 0 Å². The summed E-state index contributed by atoms with van der Waals surface area (Å²) in [6.07, 6.45) is 6.34. The normalized spacial score (nSPS) is 14.3. The van der Waals surface area contributed by atoms with Crippen molar-refractivity contribution in [2.24, 2.45) is 0 Å². The Morgan fingerprint density at radius 2 is 1.56 bits per heavy atom. The number of hydrogen-bond donors (Lipinski definition) is 0. The molecule has 1 unspecified atom stereocenters. The van der Waals surface area contributed by atoms with Crippen LogP contribution in [0, 0.1) is 0 Å². The zero-order chi connectivity index (χ0) is 16.6. The van der Waals surface area contributed by atoms with Crippen molar-refractivity contribution >= 4 is 50.0 Å². The van der Waals surface area contributed by atoms with E-state index in [1.165, 1.54) is 36.1 Å². The standard InChI is InChI=1S/C23H15PS/c1-2-9-17(10-3-1)24(18-11-4-5-12-18)21-15-8-14-20-19-13-6-7-16-22(19)25-23(20)21/h1-11,13-16H. The minimum atomic E-state index is -0.591. The van der Waals surface area contributed by atoms with Crippen molar-refractivity contribution in [3.05, 3.63) is 102 Å². The Labute approximate surface area is 152 Å². The van der Waals surface area contributed by atoms with Gasteiger partial charge in [-0.3, -0.25) is 0 Å². The SMILES string of the molecule is C1=CC=CC=1P(c1ccccc1)c1cccc2c1sc1ccccc12. The van der Waals surface area contributed by atoms with E-state index in [2.05, 4.69) is 90.7 Å². The Balaban J connectivity index is 1.82. The third kappa shape index (κ3) is 2.49. The van der Waals surface area contributed by atoms with Crippen LogP contribution < -0.4 is 10.6 Å². The van der Waals surface area contributed by atoms with Crippen molar-refractivity contribution in [1.82, 2.24) is 0 Å². The van der Waals surface area contributed by atoms with Crippen LogP contribution in [0.15, 0.2) is 102 Å². The Kier molecular flexibility index (Phi) is 3.65. The molecule has 0 spiro atoms. The summed E-state index contributed by atoms with van der Waals surface area (Å²) >= 11 is 1.91. The molecule has 4 aromatic rings. The van der Waals surface area contributed by atoms with Gasteiger partial charge < -0.3 is 0 Å². The molecule has 2 heteroatoms. The minimum absolute atomic E-state index is 0.591. The van der Waals surface area contributed by atoms with Crippen LogP contribution in [0.5, 0.6) is 0 Å². The summed E-state index contributed by atoms with van der Waals surface area (Å²) < 4.78 is 2.77. The van der Waals surface area contributed by atoms with E-state index in [4.69, 9.17) is 0 Å². The van der Waals surface area contributed by atoms with Crippen LogP contribution in [-0.2, 0) is 0 Å². The predicted octanol–water partition coefficient (Wildman–Crippen LogP) is 6.10. The van der Waals surface area contributed by atoms with E-state index < -0.39 is 7.92 Å². The van der Waals surface area contributed by atoms with Crippen molar-refractivity contribution < 1.29 is 0 Å². The molecule has 0 aliphatic heterocycles. The van der Waals surface area contributed by atoms with Gasteiger partial charge in [-0.2, -0.15) is 0 Å². The second-order valence-electron chi connectivity index (χ2n) is 5.98.